The third-order valence-corrected chi connectivity index (χ3v) is 7.36. The molecule has 0 aromatic heterocycles. The number of carbonyl (C=O) groups is 1. The number of allylic oxidation sites excluding steroid dienone is 3. The molecule has 242 valence electrons. The van der Waals surface area contributed by atoms with Crippen LogP contribution in [-0.2, 0) is 5.41 Å². The van der Waals surface area contributed by atoms with Gasteiger partial charge in [0.15, 0.2) is 5.78 Å². The minimum atomic E-state index is -2.62. The Morgan fingerprint density at radius 2 is 1.13 bits per heavy atom. The lowest BCUT2D eigenvalue weighted by Crippen LogP contribution is -2.31. The first-order chi connectivity index (χ1) is 22.4. The zero-order valence-electron chi connectivity index (χ0n) is 25.5. The second-order valence-corrected chi connectivity index (χ2v) is 10.6. The van der Waals surface area contributed by atoms with Crippen LogP contribution in [-0.4, -0.2) is 19.9 Å². The summed E-state index contributed by atoms with van der Waals surface area (Å²) in [4.78, 5) is 16.2. The van der Waals surface area contributed by atoms with Crippen molar-refractivity contribution >= 4 is 17.5 Å². The molecule has 4 aromatic carbocycles. The molecular weight excluding hydrogens is 620 g/mol. The molecule has 0 unspecified atom stereocenters. The van der Waals surface area contributed by atoms with Crippen molar-refractivity contribution in [2.45, 2.75) is 12.3 Å². The van der Waals surface area contributed by atoms with Gasteiger partial charge in [0.2, 0.25) is 0 Å². The monoisotopic (exact) mass is 649 g/mol. The molecule has 4 aromatic rings. The van der Waals surface area contributed by atoms with Crippen molar-refractivity contribution in [3.8, 4) is 11.5 Å². The molecule has 0 atom stereocenters. The first kappa shape index (κ1) is 34.4. The number of rotatable bonds is 12. The Morgan fingerprint density at radius 1 is 0.660 bits per heavy atom. The van der Waals surface area contributed by atoms with Crippen LogP contribution in [0.4, 0.5) is 32.0 Å². The molecular formula is C37H29F6NO3. The molecule has 0 aliphatic heterocycles. The molecule has 4 nitrogen and oxygen atoms in total. The Hall–Kier alpha value is -5.51. The third-order valence-electron chi connectivity index (χ3n) is 7.36. The SMILES string of the molecule is CN(C)c1ccc(C=CC=C(C(=O)c2ccccc2)C(C)(c2ccc(OC(F)=C(F)F)cc2)c2ccc(OC(F)=C(F)F)cc2)cc1. The molecule has 0 aliphatic carbocycles. The Kier molecular flexibility index (Phi) is 11.1. The van der Waals surface area contributed by atoms with E-state index in [4.69, 9.17) is 0 Å². The summed E-state index contributed by atoms with van der Waals surface area (Å²) >= 11 is 0. The summed E-state index contributed by atoms with van der Waals surface area (Å²) in [6, 6.07) is 23.1. The lowest BCUT2D eigenvalue weighted by Gasteiger charge is -2.33. The van der Waals surface area contributed by atoms with Crippen LogP contribution in [0.15, 0.2) is 145 Å². The van der Waals surface area contributed by atoms with Crippen LogP contribution in [0.3, 0.4) is 0 Å². The van der Waals surface area contributed by atoms with Gasteiger partial charge < -0.3 is 14.4 Å². The van der Waals surface area contributed by atoms with Gasteiger partial charge in [0, 0.05) is 36.3 Å². The molecule has 47 heavy (non-hydrogen) atoms. The molecule has 0 saturated heterocycles. The number of hydrogen-bond donors (Lipinski definition) is 0. The first-order valence-electron chi connectivity index (χ1n) is 14.1. The maximum atomic E-state index is 14.2. The second-order valence-electron chi connectivity index (χ2n) is 10.6. The molecule has 0 bridgehead atoms. The average Bonchev–Trinajstić information content (AvgIpc) is 3.07. The van der Waals surface area contributed by atoms with Crippen LogP contribution in [0.25, 0.3) is 6.08 Å². The van der Waals surface area contributed by atoms with Gasteiger partial charge in [-0.25, -0.2) is 0 Å². The molecule has 0 heterocycles. The van der Waals surface area contributed by atoms with E-state index in [1.807, 2.05) is 49.3 Å². The summed E-state index contributed by atoms with van der Waals surface area (Å²) in [6.07, 6.45) is -0.0782. The van der Waals surface area contributed by atoms with Gasteiger partial charge in [-0.2, -0.15) is 26.3 Å². The van der Waals surface area contributed by atoms with Crippen molar-refractivity contribution in [3.05, 3.63) is 167 Å². The zero-order valence-corrected chi connectivity index (χ0v) is 25.5. The standard InChI is InChI=1S/C37H29F6NO3/c1-37(26-14-20-29(21-15-26)46-35(42)33(38)39,27-16-22-30(23-17-27)47-36(43)34(40)41)31(32(45)25-9-5-4-6-10-25)11-7-8-24-12-18-28(19-13-24)44(2)3/h4-23H,1-3H3. The number of nitrogens with zero attached hydrogens (tertiary/aromatic N) is 1. The van der Waals surface area contributed by atoms with Crippen molar-refractivity contribution in [1.29, 1.82) is 0 Å². The van der Waals surface area contributed by atoms with Crippen LogP contribution in [0.1, 0.15) is 34.0 Å². The largest absolute Gasteiger partial charge is 0.428 e. The van der Waals surface area contributed by atoms with Crippen LogP contribution in [0.5, 0.6) is 11.5 Å². The van der Waals surface area contributed by atoms with E-state index in [2.05, 4.69) is 9.47 Å². The molecule has 0 N–H and O–H groups in total. The van der Waals surface area contributed by atoms with Crippen LogP contribution in [0, 0.1) is 0 Å². The number of anilines is 1. The molecule has 0 saturated carbocycles. The fourth-order valence-electron chi connectivity index (χ4n) is 4.83. The smallest absolute Gasteiger partial charge is 0.344 e. The van der Waals surface area contributed by atoms with Crippen molar-refractivity contribution < 1.29 is 40.6 Å². The van der Waals surface area contributed by atoms with Crippen molar-refractivity contribution in [3.63, 3.8) is 0 Å². The van der Waals surface area contributed by atoms with Gasteiger partial charge >= 0.3 is 24.2 Å². The maximum Gasteiger partial charge on any atom is 0.344 e. The van der Waals surface area contributed by atoms with Gasteiger partial charge in [0.25, 0.3) is 0 Å². The second kappa shape index (κ2) is 15.2. The number of carbonyl (C=O) groups excluding carboxylic acids is 1. The molecule has 4 rings (SSSR count). The Balaban J connectivity index is 1.88. The number of benzene rings is 4. The third kappa shape index (κ3) is 8.40. The number of ketones is 1. The lowest BCUT2D eigenvalue weighted by molar-refractivity contribution is 0.102. The summed E-state index contributed by atoms with van der Waals surface area (Å²) in [6.45, 7) is 1.73. The van der Waals surface area contributed by atoms with E-state index >= 15 is 0 Å². The average molecular weight is 650 g/mol. The predicted octanol–water partition coefficient (Wildman–Crippen LogP) is 10.4. The van der Waals surface area contributed by atoms with Gasteiger partial charge in [-0.15, -0.1) is 0 Å². The summed E-state index contributed by atoms with van der Waals surface area (Å²) < 4.78 is 86.8. The minimum Gasteiger partial charge on any atom is -0.428 e. The van der Waals surface area contributed by atoms with Crippen molar-refractivity contribution in [1.82, 2.24) is 0 Å². The fraction of sp³-hybridized carbons (Fsp3) is 0.108. The number of ether oxygens (including phenoxy) is 2. The molecule has 0 aliphatic rings. The highest BCUT2D eigenvalue weighted by atomic mass is 19.3. The van der Waals surface area contributed by atoms with Gasteiger partial charge in [0.05, 0.1) is 0 Å². The zero-order chi connectivity index (χ0) is 34.1. The van der Waals surface area contributed by atoms with E-state index in [1.54, 1.807) is 49.4 Å². The van der Waals surface area contributed by atoms with E-state index in [0.717, 1.165) is 11.3 Å². The molecule has 0 fully saturated rings. The highest BCUT2D eigenvalue weighted by molar-refractivity contribution is 6.11. The topological polar surface area (TPSA) is 38.8 Å². The van der Waals surface area contributed by atoms with Gasteiger partial charge in [0.1, 0.15) is 11.5 Å². The predicted molar refractivity (Wildman–Crippen MR) is 170 cm³/mol. The number of halogens is 6. The van der Waals surface area contributed by atoms with Crippen LogP contribution >= 0.6 is 0 Å². The number of Topliss-reactive ketones (excluding diaryl/α,β-unsaturated/α-hetero) is 1. The quantitative estimate of drug-likeness (QED) is 0.0503. The van der Waals surface area contributed by atoms with Gasteiger partial charge in [-0.3, -0.25) is 4.79 Å². The highest BCUT2D eigenvalue weighted by Crippen LogP contribution is 2.42. The summed E-state index contributed by atoms with van der Waals surface area (Å²) in [5.74, 6) is -0.799. The van der Waals surface area contributed by atoms with E-state index in [1.165, 1.54) is 48.5 Å². The summed E-state index contributed by atoms with van der Waals surface area (Å²) in [5.41, 5.74) is 2.10. The summed E-state index contributed by atoms with van der Waals surface area (Å²) in [5, 5.41) is 0. The normalized spacial score (nSPS) is 11.6. The maximum absolute atomic E-state index is 14.2. The fourth-order valence-corrected chi connectivity index (χ4v) is 4.83. The van der Waals surface area contributed by atoms with E-state index in [9.17, 15) is 31.1 Å². The van der Waals surface area contributed by atoms with Crippen LogP contribution < -0.4 is 14.4 Å². The lowest BCUT2D eigenvalue weighted by atomic mass is 9.68. The van der Waals surface area contributed by atoms with Gasteiger partial charge in [-0.05, 0) is 60.0 Å². The molecule has 0 spiro atoms. The Morgan fingerprint density at radius 3 is 1.55 bits per heavy atom. The number of hydrogen-bond acceptors (Lipinski definition) is 4. The van der Waals surface area contributed by atoms with E-state index in [0.29, 0.717) is 16.7 Å². The first-order valence-corrected chi connectivity index (χ1v) is 14.1. The molecule has 0 amide bonds. The minimum absolute atomic E-state index is 0.221. The van der Waals surface area contributed by atoms with E-state index in [-0.39, 0.29) is 22.9 Å². The van der Waals surface area contributed by atoms with Crippen molar-refractivity contribution in [2.24, 2.45) is 0 Å². The summed E-state index contributed by atoms with van der Waals surface area (Å²) in [7, 11) is 3.85. The van der Waals surface area contributed by atoms with E-state index < -0.39 is 29.6 Å². The Bertz CT molecular complexity index is 1740. The molecule has 0 radical (unpaired) electrons. The van der Waals surface area contributed by atoms with Crippen molar-refractivity contribution in [2.75, 3.05) is 19.0 Å². The van der Waals surface area contributed by atoms with Gasteiger partial charge in [-0.1, -0.05) is 85.0 Å². The molecule has 10 heteroatoms. The highest BCUT2D eigenvalue weighted by Gasteiger charge is 2.37. The Labute approximate surface area is 268 Å². The van der Waals surface area contributed by atoms with Crippen LogP contribution in [0.2, 0.25) is 0 Å².